The van der Waals surface area contributed by atoms with Gasteiger partial charge in [-0.25, -0.2) is 0 Å². The predicted octanol–water partition coefficient (Wildman–Crippen LogP) is 2.68. The standard InChI is InChI=1S/C15H21NO2/c1-18-14(12-7-3-2-4-8-12)11-16-15(17)13-9-5-6-10-13/h2-4,7-8,13-14H,5-6,9-11H2,1H3,(H,16,17). The first-order chi connectivity index (χ1) is 8.81. The van der Waals surface area contributed by atoms with E-state index in [1.54, 1.807) is 7.11 Å². The Kier molecular flexibility index (Phi) is 4.76. The second-order valence-corrected chi connectivity index (χ2v) is 4.86. The molecule has 3 nitrogen and oxygen atoms in total. The third kappa shape index (κ3) is 3.33. The van der Waals surface area contributed by atoms with Crippen LogP contribution in [-0.2, 0) is 9.53 Å². The smallest absolute Gasteiger partial charge is 0.223 e. The van der Waals surface area contributed by atoms with Gasteiger partial charge in [-0.05, 0) is 18.4 Å². The average Bonchev–Trinajstić information content (AvgIpc) is 2.94. The summed E-state index contributed by atoms with van der Waals surface area (Å²) >= 11 is 0. The molecular formula is C15H21NO2. The van der Waals surface area contributed by atoms with Crippen LogP contribution in [0.3, 0.4) is 0 Å². The van der Waals surface area contributed by atoms with Crippen molar-refractivity contribution in [2.24, 2.45) is 5.92 Å². The lowest BCUT2D eigenvalue weighted by molar-refractivity contribution is -0.125. The number of hydrogen-bond donors (Lipinski definition) is 1. The minimum Gasteiger partial charge on any atom is -0.375 e. The van der Waals surface area contributed by atoms with Crippen LogP contribution in [0.15, 0.2) is 30.3 Å². The molecule has 1 aromatic carbocycles. The third-order valence-electron chi connectivity index (χ3n) is 3.64. The Hall–Kier alpha value is -1.35. The Bertz CT molecular complexity index is 371. The molecule has 1 aromatic rings. The fraction of sp³-hybridized carbons (Fsp3) is 0.533. The lowest BCUT2D eigenvalue weighted by Gasteiger charge is -2.18. The van der Waals surface area contributed by atoms with Crippen LogP contribution in [0, 0.1) is 5.92 Å². The topological polar surface area (TPSA) is 38.3 Å². The zero-order valence-corrected chi connectivity index (χ0v) is 10.9. The van der Waals surface area contributed by atoms with Gasteiger partial charge in [0.25, 0.3) is 0 Å². The molecule has 0 aromatic heterocycles. The van der Waals surface area contributed by atoms with E-state index in [2.05, 4.69) is 5.32 Å². The van der Waals surface area contributed by atoms with Gasteiger partial charge in [0.15, 0.2) is 0 Å². The molecule has 0 spiro atoms. The third-order valence-corrected chi connectivity index (χ3v) is 3.64. The summed E-state index contributed by atoms with van der Waals surface area (Å²) in [7, 11) is 1.68. The van der Waals surface area contributed by atoms with E-state index in [0.29, 0.717) is 6.54 Å². The Morgan fingerprint density at radius 2 is 2.00 bits per heavy atom. The summed E-state index contributed by atoms with van der Waals surface area (Å²) in [5.74, 6) is 0.406. The maximum absolute atomic E-state index is 11.9. The number of nitrogens with one attached hydrogen (secondary N) is 1. The van der Waals surface area contributed by atoms with E-state index in [0.717, 1.165) is 18.4 Å². The highest BCUT2D eigenvalue weighted by Gasteiger charge is 2.23. The van der Waals surface area contributed by atoms with Gasteiger partial charge in [-0.15, -0.1) is 0 Å². The molecular weight excluding hydrogens is 226 g/mol. The Morgan fingerprint density at radius 3 is 2.61 bits per heavy atom. The number of benzene rings is 1. The Labute approximate surface area is 109 Å². The van der Waals surface area contributed by atoms with Gasteiger partial charge in [0, 0.05) is 19.6 Å². The van der Waals surface area contributed by atoms with Crippen LogP contribution in [0.4, 0.5) is 0 Å². The van der Waals surface area contributed by atoms with E-state index >= 15 is 0 Å². The molecule has 1 atom stereocenters. The van der Waals surface area contributed by atoms with Gasteiger partial charge in [-0.1, -0.05) is 43.2 Å². The van der Waals surface area contributed by atoms with Gasteiger partial charge in [-0.2, -0.15) is 0 Å². The van der Waals surface area contributed by atoms with E-state index in [1.807, 2.05) is 30.3 Å². The zero-order valence-electron chi connectivity index (χ0n) is 10.9. The van der Waals surface area contributed by atoms with E-state index in [1.165, 1.54) is 12.8 Å². The van der Waals surface area contributed by atoms with Crippen LogP contribution in [0.1, 0.15) is 37.4 Å². The van der Waals surface area contributed by atoms with Crippen LogP contribution in [-0.4, -0.2) is 19.6 Å². The molecule has 1 unspecified atom stereocenters. The van der Waals surface area contributed by atoms with Gasteiger partial charge in [-0.3, -0.25) is 4.79 Å². The maximum atomic E-state index is 11.9. The fourth-order valence-corrected chi connectivity index (χ4v) is 2.53. The normalized spacial score (nSPS) is 17.6. The van der Waals surface area contributed by atoms with Crippen molar-refractivity contribution < 1.29 is 9.53 Å². The number of amides is 1. The van der Waals surface area contributed by atoms with Crippen LogP contribution in [0.5, 0.6) is 0 Å². The molecule has 0 bridgehead atoms. The molecule has 0 aliphatic heterocycles. The SMILES string of the molecule is COC(CNC(=O)C1CCCC1)c1ccccc1. The molecule has 2 rings (SSSR count). The molecule has 1 saturated carbocycles. The second-order valence-electron chi connectivity index (χ2n) is 4.86. The van der Waals surface area contributed by atoms with Gasteiger partial charge in [0.1, 0.15) is 0 Å². The number of methoxy groups -OCH3 is 1. The molecule has 1 fully saturated rings. The van der Waals surface area contributed by atoms with Crippen molar-refractivity contribution in [3.63, 3.8) is 0 Å². The van der Waals surface area contributed by atoms with Gasteiger partial charge in [0.2, 0.25) is 5.91 Å². The molecule has 18 heavy (non-hydrogen) atoms. The van der Waals surface area contributed by atoms with Crippen LogP contribution >= 0.6 is 0 Å². The first kappa shape index (κ1) is 13.1. The van der Waals surface area contributed by atoms with Crippen molar-refractivity contribution in [2.45, 2.75) is 31.8 Å². The van der Waals surface area contributed by atoms with E-state index < -0.39 is 0 Å². The molecule has 98 valence electrons. The lowest BCUT2D eigenvalue weighted by atomic mass is 10.1. The lowest BCUT2D eigenvalue weighted by Crippen LogP contribution is -2.33. The van der Waals surface area contributed by atoms with E-state index in [9.17, 15) is 4.79 Å². The molecule has 0 heterocycles. The summed E-state index contributed by atoms with van der Waals surface area (Å²) in [6, 6.07) is 10.00. The Balaban J connectivity index is 1.85. The number of ether oxygens (including phenoxy) is 1. The monoisotopic (exact) mass is 247 g/mol. The van der Waals surface area contributed by atoms with Gasteiger partial charge < -0.3 is 10.1 Å². The minimum atomic E-state index is -0.0587. The van der Waals surface area contributed by atoms with Crippen LogP contribution in [0.2, 0.25) is 0 Å². The van der Waals surface area contributed by atoms with Crippen molar-refractivity contribution >= 4 is 5.91 Å². The largest absolute Gasteiger partial charge is 0.375 e. The molecule has 0 radical (unpaired) electrons. The van der Waals surface area contributed by atoms with Crippen molar-refractivity contribution in [3.8, 4) is 0 Å². The highest BCUT2D eigenvalue weighted by Crippen LogP contribution is 2.25. The fourth-order valence-electron chi connectivity index (χ4n) is 2.53. The molecule has 1 aliphatic carbocycles. The zero-order chi connectivity index (χ0) is 12.8. The molecule has 1 aliphatic rings. The summed E-state index contributed by atoms with van der Waals surface area (Å²) in [6.07, 6.45) is 4.38. The summed E-state index contributed by atoms with van der Waals surface area (Å²) in [6.45, 7) is 0.551. The van der Waals surface area contributed by atoms with Crippen molar-refractivity contribution in [1.82, 2.24) is 5.32 Å². The number of hydrogen-bond acceptors (Lipinski definition) is 2. The van der Waals surface area contributed by atoms with E-state index in [-0.39, 0.29) is 17.9 Å². The maximum Gasteiger partial charge on any atom is 0.223 e. The van der Waals surface area contributed by atoms with Crippen molar-refractivity contribution in [2.75, 3.05) is 13.7 Å². The summed E-state index contributed by atoms with van der Waals surface area (Å²) in [4.78, 5) is 11.9. The molecule has 0 saturated heterocycles. The van der Waals surface area contributed by atoms with E-state index in [4.69, 9.17) is 4.74 Å². The predicted molar refractivity (Wildman–Crippen MR) is 71.2 cm³/mol. The van der Waals surface area contributed by atoms with Crippen LogP contribution < -0.4 is 5.32 Å². The van der Waals surface area contributed by atoms with Gasteiger partial charge >= 0.3 is 0 Å². The second kappa shape index (κ2) is 6.55. The molecule has 3 heteroatoms. The number of rotatable bonds is 5. The summed E-state index contributed by atoms with van der Waals surface area (Å²) < 4.78 is 5.43. The average molecular weight is 247 g/mol. The van der Waals surface area contributed by atoms with Crippen molar-refractivity contribution in [3.05, 3.63) is 35.9 Å². The minimum absolute atomic E-state index is 0.0587. The van der Waals surface area contributed by atoms with Crippen LogP contribution in [0.25, 0.3) is 0 Å². The summed E-state index contributed by atoms with van der Waals surface area (Å²) in [5, 5.41) is 3.01. The first-order valence-corrected chi connectivity index (χ1v) is 6.66. The number of carbonyl (C=O) groups excluding carboxylic acids is 1. The highest BCUT2D eigenvalue weighted by molar-refractivity contribution is 5.78. The van der Waals surface area contributed by atoms with Gasteiger partial charge in [0.05, 0.1) is 6.10 Å². The first-order valence-electron chi connectivity index (χ1n) is 6.66. The molecule has 1 amide bonds. The number of carbonyl (C=O) groups is 1. The Morgan fingerprint density at radius 1 is 1.33 bits per heavy atom. The van der Waals surface area contributed by atoms with Crippen molar-refractivity contribution in [1.29, 1.82) is 0 Å². The quantitative estimate of drug-likeness (QED) is 0.868. The molecule has 1 N–H and O–H groups in total. The highest BCUT2D eigenvalue weighted by atomic mass is 16.5. The summed E-state index contributed by atoms with van der Waals surface area (Å²) in [5.41, 5.74) is 1.10.